The number of nitrogens with zero attached hydrogens (tertiary/aromatic N) is 1. The summed E-state index contributed by atoms with van der Waals surface area (Å²) in [6.07, 6.45) is 1.88. The van der Waals surface area contributed by atoms with E-state index in [2.05, 4.69) is 135 Å². The van der Waals surface area contributed by atoms with Crippen molar-refractivity contribution in [1.82, 2.24) is 0 Å². The summed E-state index contributed by atoms with van der Waals surface area (Å²) in [7, 11) is 0. The first-order valence-electron chi connectivity index (χ1n) is 14.1. The van der Waals surface area contributed by atoms with E-state index >= 15 is 0 Å². The molecule has 0 aliphatic heterocycles. The van der Waals surface area contributed by atoms with Crippen LogP contribution in [-0.2, 0) is 5.41 Å². The Kier molecular flexibility index (Phi) is 8.36. The van der Waals surface area contributed by atoms with Gasteiger partial charge in [0, 0.05) is 29.5 Å². The highest BCUT2D eigenvalue weighted by Gasteiger charge is 2.14. The molecule has 0 atom stereocenters. The highest BCUT2D eigenvalue weighted by Crippen LogP contribution is 2.28. The van der Waals surface area contributed by atoms with Gasteiger partial charge in [-0.15, -0.1) is 0 Å². The van der Waals surface area contributed by atoms with Gasteiger partial charge in [0.1, 0.15) is 11.5 Å². The maximum Gasteiger partial charge on any atom is 0.127 e. The van der Waals surface area contributed by atoms with Crippen molar-refractivity contribution in [2.45, 2.75) is 39.0 Å². The van der Waals surface area contributed by atoms with Crippen LogP contribution in [0.25, 0.3) is 21.5 Å². The second-order valence-electron chi connectivity index (χ2n) is 11.1. The Hall–Kier alpha value is -3.98. The largest absolute Gasteiger partial charge is 0.493 e. The van der Waals surface area contributed by atoms with E-state index in [0.717, 1.165) is 37.4 Å². The van der Waals surface area contributed by atoms with Crippen molar-refractivity contribution in [2.24, 2.45) is 0 Å². The number of rotatable bonds is 11. The summed E-state index contributed by atoms with van der Waals surface area (Å²) in [5.74, 6) is 1.91. The van der Waals surface area contributed by atoms with Gasteiger partial charge >= 0.3 is 0 Å². The predicted molar refractivity (Wildman–Crippen MR) is 165 cm³/mol. The third kappa shape index (κ3) is 6.72. The second kappa shape index (κ2) is 12.3. The van der Waals surface area contributed by atoms with Crippen LogP contribution in [0.2, 0.25) is 0 Å². The number of anilines is 1. The summed E-state index contributed by atoms with van der Waals surface area (Å²) in [6.45, 7) is 9.98. The van der Waals surface area contributed by atoms with Gasteiger partial charge in [-0.2, -0.15) is 0 Å². The van der Waals surface area contributed by atoms with Crippen molar-refractivity contribution in [3.8, 4) is 11.5 Å². The topological polar surface area (TPSA) is 21.7 Å². The maximum absolute atomic E-state index is 6.24. The summed E-state index contributed by atoms with van der Waals surface area (Å²) in [6, 6.07) is 38.4. The molecule has 0 fully saturated rings. The minimum atomic E-state index is 0.141. The van der Waals surface area contributed by atoms with E-state index in [4.69, 9.17) is 9.47 Å². The molecule has 3 nitrogen and oxygen atoms in total. The number of hydrogen-bond donors (Lipinski definition) is 0. The zero-order valence-electron chi connectivity index (χ0n) is 23.4. The molecule has 0 aliphatic rings. The third-order valence-electron chi connectivity index (χ3n) is 7.26. The van der Waals surface area contributed by atoms with E-state index in [1.54, 1.807) is 0 Å². The molecule has 0 unspecified atom stereocenters. The average Bonchev–Trinajstić information content (AvgIpc) is 2.96. The van der Waals surface area contributed by atoms with Gasteiger partial charge in [0.15, 0.2) is 0 Å². The van der Waals surface area contributed by atoms with Crippen LogP contribution in [0, 0.1) is 0 Å². The molecule has 5 rings (SSSR count). The first-order chi connectivity index (χ1) is 19.0. The molecule has 200 valence electrons. The van der Waals surface area contributed by atoms with E-state index in [1.165, 1.54) is 32.8 Å². The highest BCUT2D eigenvalue weighted by molar-refractivity contribution is 5.88. The molecule has 5 aromatic rings. The quantitative estimate of drug-likeness (QED) is 0.163. The van der Waals surface area contributed by atoms with E-state index in [1.807, 2.05) is 0 Å². The molecule has 0 radical (unpaired) electrons. The Bertz CT molecular complexity index is 1400. The fourth-order valence-electron chi connectivity index (χ4n) is 5.06. The summed E-state index contributed by atoms with van der Waals surface area (Å²) >= 11 is 0. The van der Waals surface area contributed by atoms with Gasteiger partial charge in [-0.1, -0.05) is 106 Å². The van der Waals surface area contributed by atoms with Crippen LogP contribution in [-0.4, -0.2) is 26.3 Å². The standard InChI is InChI=1S/C36H39NO2/c1-36(2,3)30-20-22-31(23-21-30)37(24-10-26-38-34-18-8-14-28-12-4-6-16-32(28)34)25-11-27-39-35-19-9-15-29-13-5-7-17-33(29)35/h4-9,12-23H,10-11,24-27H2,1-3H3. The number of ether oxygens (including phenoxy) is 2. The van der Waals surface area contributed by atoms with Gasteiger partial charge in [0.25, 0.3) is 0 Å². The molecule has 5 aromatic carbocycles. The van der Waals surface area contributed by atoms with Crippen molar-refractivity contribution >= 4 is 27.2 Å². The molecule has 0 aliphatic carbocycles. The van der Waals surface area contributed by atoms with Crippen molar-refractivity contribution in [1.29, 1.82) is 0 Å². The van der Waals surface area contributed by atoms with Crippen LogP contribution in [0.3, 0.4) is 0 Å². The van der Waals surface area contributed by atoms with Crippen molar-refractivity contribution < 1.29 is 9.47 Å². The number of fused-ring (bicyclic) bond motifs is 2. The summed E-state index contributed by atoms with van der Waals surface area (Å²) in [5.41, 5.74) is 2.74. The van der Waals surface area contributed by atoms with Crippen molar-refractivity contribution in [2.75, 3.05) is 31.2 Å². The lowest BCUT2D eigenvalue weighted by atomic mass is 9.87. The minimum absolute atomic E-state index is 0.141. The van der Waals surface area contributed by atoms with E-state index in [9.17, 15) is 0 Å². The molecule has 0 saturated heterocycles. The molecule has 0 heterocycles. The monoisotopic (exact) mass is 517 g/mol. The SMILES string of the molecule is CC(C)(C)c1ccc(N(CCCOc2cccc3ccccc23)CCCOc2cccc3ccccc23)cc1. The zero-order valence-corrected chi connectivity index (χ0v) is 23.4. The van der Waals surface area contributed by atoms with Crippen LogP contribution in [0.15, 0.2) is 109 Å². The lowest BCUT2D eigenvalue weighted by Crippen LogP contribution is -2.28. The van der Waals surface area contributed by atoms with Gasteiger partial charge < -0.3 is 14.4 Å². The van der Waals surface area contributed by atoms with Gasteiger partial charge in [0.05, 0.1) is 13.2 Å². The molecule has 0 bridgehead atoms. The Morgan fingerprint density at radius 2 is 1.00 bits per heavy atom. The molecule has 0 spiro atoms. The molecular formula is C36H39NO2. The Balaban J connectivity index is 1.21. The summed E-state index contributed by atoms with van der Waals surface area (Å²) in [4.78, 5) is 2.46. The maximum atomic E-state index is 6.24. The third-order valence-corrected chi connectivity index (χ3v) is 7.26. The van der Waals surface area contributed by atoms with Crippen LogP contribution in [0.4, 0.5) is 5.69 Å². The summed E-state index contributed by atoms with van der Waals surface area (Å²) in [5, 5.41) is 4.75. The van der Waals surface area contributed by atoms with Crippen LogP contribution in [0.1, 0.15) is 39.2 Å². The minimum Gasteiger partial charge on any atom is -0.493 e. The van der Waals surface area contributed by atoms with Crippen LogP contribution >= 0.6 is 0 Å². The fraction of sp³-hybridized carbons (Fsp3) is 0.278. The summed E-state index contributed by atoms with van der Waals surface area (Å²) < 4.78 is 12.5. The molecule has 0 aromatic heterocycles. The Labute approximate surface area is 233 Å². The lowest BCUT2D eigenvalue weighted by molar-refractivity contribution is 0.307. The van der Waals surface area contributed by atoms with Crippen LogP contribution in [0.5, 0.6) is 11.5 Å². The van der Waals surface area contributed by atoms with Crippen LogP contribution < -0.4 is 14.4 Å². The Morgan fingerprint density at radius 1 is 0.538 bits per heavy atom. The normalized spacial score (nSPS) is 11.6. The predicted octanol–water partition coefficient (Wildman–Crippen LogP) is 9.04. The zero-order chi connectivity index (χ0) is 27.1. The first-order valence-corrected chi connectivity index (χ1v) is 14.1. The Morgan fingerprint density at radius 3 is 1.49 bits per heavy atom. The smallest absolute Gasteiger partial charge is 0.127 e. The molecule has 0 N–H and O–H groups in total. The van der Waals surface area contributed by atoms with Gasteiger partial charge in [-0.3, -0.25) is 0 Å². The van der Waals surface area contributed by atoms with Crippen molar-refractivity contribution in [3.63, 3.8) is 0 Å². The number of benzene rings is 5. The lowest BCUT2D eigenvalue weighted by Gasteiger charge is -2.27. The van der Waals surface area contributed by atoms with Crippen molar-refractivity contribution in [3.05, 3.63) is 115 Å². The molecule has 0 amide bonds. The first kappa shape index (κ1) is 26.6. The number of hydrogen-bond acceptors (Lipinski definition) is 3. The average molecular weight is 518 g/mol. The van der Waals surface area contributed by atoms with Gasteiger partial charge in [0.2, 0.25) is 0 Å². The van der Waals surface area contributed by atoms with E-state index < -0.39 is 0 Å². The van der Waals surface area contributed by atoms with E-state index in [0.29, 0.717) is 13.2 Å². The molecule has 39 heavy (non-hydrogen) atoms. The molecule has 0 saturated carbocycles. The highest BCUT2D eigenvalue weighted by atomic mass is 16.5. The molecule has 3 heteroatoms. The second-order valence-corrected chi connectivity index (χ2v) is 11.1. The molecular weight excluding hydrogens is 478 g/mol. The van der Waals surface area contributed by atoms with Gasteiger partial charge in [-0.25, -0.2) is 0 Å². The fourth-order valence-corrected chi connectivity index (χ4v) is 5.06. The van der Waals surface area contributed by atoms with E-state index in [-0.39, 0.29) is 5.41 Å². The van der Waals surface area contributed by atoms with Gasteiger partial charge in [-0.05, 0) is 58.9 Å².